The van der Waals surface area contributed by atoms with E-state index < -0.39 is 0 Å². The van der Waals surface area contributed by atoms with Crippen molar-refractivity contribution >= 4 is 5.69 Å². The van der Waals surface area contributed by atoms with Gasteiger partial charge in [-0.3, -0.25) is 0 Å². The van der Waals surface area contributed by atoms with Crippen LogP contribution in [0.5, 0.6) is 0 Å². The normalized spacial score (nSPS) is 22.5. The third kappa shape index (κ3) is 2.05. The van der Waals surface area contributed by atoms with Crippen LogP contribution in [0.3, 0.4) is 0 Å². The van der Waals surface area contributed by atoms with E-state index >= 15 is 0 Å². The van der Waals surface area contributed by atoms with Crippen LogP contribution in [0.4, 0.5) is 5.69 Å². The van der Waals surface area contributed by atoms with Crippen LogP contribution < -0.4 is 10.2 Å². The van der Waals surface area contributed by atoms with Crippen LogP contribution in [0, 0.1) is 0 Å². The van der Waals surface area contributed by atoms with Crippen molar-refractivity contribution < 1.29 is 4.74 Å². The van der Waals surface area contributed by atoms with E-state index in [0.717, 1.165) is 26.3 Å². The molecule has 1 saturated heterocycles. The predicted molar refractivity (Wildman–Crippen MR) is 69.4 cm³/mol. The Hall–Kier alpha value is -1.06. The van der Waals surface area contributed by atoms with Gasteiger partial charge in [-0.25, -0.2) is 0 Å². The van der Waals surface area contributed by atoms with Crippen molar-refractivity contribution in [2.24, 2.45) is 0 Å². The zero-order valence-electron chi connectivity index (χ0n) is 10.4. The van der Waals surface area contributed by atoms with Crippen LogP contribution in [0.25, 0.3) is 0 Å². The SMILES string of the molecule is CNC1(c2ccc(N3CCOCC3)cc2)CC1. The number of ether oxygens (including phenoxy) is 1. The van der Waals surface area contributed by atoms with Gasteiger partial charge in [-0.15, -0.1) is 0 Å². The number of morpholine rings is 1. The second-order valence-electron chi connectivity index (χ2n) is 4.98. The Morgan fingerprint density at radius 2 is 1.76 bits per heavy atom. The number of rotatable bonds is 3. The Kier molecular flexibility index (Phi) is 2.81. The molecule has 0 radical (unpaired) electrons. The van der Waals surface area contributed by atoms with Crippen LogP contribution in [-0.2, 0) is 10.3 Å². The lowest BCUT2D eigenvalue weighted by Crippen LogP contribution is -2.36. The molecule has 17 heavy (non-hydrogen) atoms. The molecule has 0 atom stereocenters. The number of nitrogens with one attached hydrogen (secondary N) is 1. The highest BCUT2D eigenvalue weighted by atomic mass is 16.5. The molecule has 0 unspecified atom stereocenters. The highest BCUT2D eigenvalue weighted by molar-refractivity contribution is 5.49. The highest BCUT2D eigenvalue weighted by Crippen LogP contribution is 2.45. The van der Waals surface area contributed by atoms with Crippen LogP contribution >= 0.6 is 0 Å². The summed E-state index contributed by atoms with van der Waals surface area (Å²) >= 11 is 0. The molecule has 92 valence electrons. The number of nitrogens with zero attached hydrogens (tertiary/aromatic N) is 1. The van der Waals surface area contributed by atoms with Crippen LogP contribution in [-0.4, -0.2) is 33.4 Å². The van der Waals surface area contributed by atoms with E-state index in [1.54, 1.807) is 0 Å². The molecular formula is C14H20N2O. The molecule has 2 fully saturated rings. The molecule has 0 aromatic heterocycles. The van der Waals surface area contributed by atoms with Gasteiger partial charge in [0.05, 0.1) is 13.2 Å². The van der Waals surface area contributed by atoms with E-state index in [0.29, 0.717) is 0 Å². The van der Waals surface area contributed by atoms with E-state index in [1.165, 1.54) is 24.1 Å². The second-order valence-corrected chi connectivity index (χ2v) is 4.98. The van der Waals surface area contributed by atoms with Gasteiger partial charge in [0, 0.05) is 24.3 Å². The van der Waals surface area contributed by atoms with Crippen LogP contribution in [0.2, 0.25) is 0 Å². The maximum Gasteiger partial charge on any atom is 0.0642 e. The van der Waals surface area contributed by atoms with Gasteiger partial charge in [-0.2, -0.15) is 0 Å². The van der Waals surface area contributed by atoms with Gasteiger partial charge in [0.1, 0.15) is 0 Å². The van der Waals surface area contributed by atoms with Crippen molar-refractivity contribution in [2.75, 3.05) is 38.3 Å². The number of hydrogen-bond donors (Lipinski definition) is 1. The monoisotopic (exact) mass is 232 g/mol. The third-order valence-electron chi connectivity index (χ3n) is 4.02. The summed E-state index contributed by atoms with van der Waals surface area (Å²) in [4.78, 5) is 2.40. The summed E-state index contributed by atoms with van der Waals surface area (Å²) in [5.74, 6) is 0. The van der Waals surface area contributed by atoms with Gasteiger partial charge in [0.15, 0.2) is 0 Å². The lowest BCUT2D eigenvalue weighted by Gasteiger charge is -2.29. The molecule has 1 aliphatic carbocycles. The Morgan fingerprint density at radius 3 is 2.29 bits per heavy atom. The molecule has 2 aliphatic rings. The molecule has 1 saturated carbocycles. The fourth-order valence-electron chi connectivity index (χ4n) is 2.62. The number of benzene rings is 1. The lowest BCUT2D eigenvalue weighted by molar-refractivity contribution is 0.122. The zero-order valence-corrected chi connectivity index (χ0v) is 10.4. The van der Waals surface area contributed by atoms with Gasteiger partial charge in [0.25, 0.3) is 0 Å². The minimum Gasteiger partial charge on any atom is -0.378 e. The summed E-state index contributed by atoms with van der Waals surface area (Å²) in [7, 11) is 2.06. The topological polar surface area (TPSA) is 24.5 Å². The first-order valence-corrected chi connectivity index (χ1v) is 6.46. The van der Waals surface area contributed by atoms with Crippen molar-refractivity contribution in [2.45, 2.75) is 18.4 Å². The minimum atomic E-state index is 0.281. The summed E-state index contributed by atoms with van der Waals surface area (Å²) in [5.41, 5.74) is 3.03. The average Bonchev–Trinajstić information content (AvgIpc) is 3.21. The first-order valence-electron chi connectivity index (χ1n) is 6.46. The molecule has 3 nitrogen and oxygen atoms in total. The summed E-state index contributed by atoms with van der Waals surface area (Å²) in [6.45, 7) is 3.72. The van der Waals surface area contributed by atoms with Gasteiger partial charge < -0.3 is 15.0 Å². The highest BCUT2D eigenvalue weighted by Gasteiger charge is 2.42. The van der Waals surface area contributed by atoms with Crippen molar-refractivity contribution in [3.63, 3.8) is 0 Å². The van der Waals surface area contributed by atoms with Gasteiger partial charge >= 0.3 is 0 Å². The Balaban J connectivity index is 1.75. The average molecular weight is 232 g/mol. The van der Waals surface area contributed by atoms with E-state index in [2.05, 4.69) is 41.5 Å². The van der Waals surface area contributed by atoms with Crippen molar-refractivity contribution in [3.05, 3.63) is 29.8 Å². The Bertz CT molecular complexity index is 378. The fraction of sp³-hybridized carbons (Fsp3) is 0.571. The second kappa shape index (κ2) is 4.31. The molecule has 1 aromatic carbocycles. The summed E-state index contributed by atoms with van der Waals surface area (Å²) in [6.07, 6.45) is 2.53. The molecule has 1 N–H and O–H groups in total. The molecule has 1 aromatic rings. The summed E-state index contributed by atoms with van der Waals surface area (Å²) in [5, 5.41) is 3.43. The molecule has 0 amide bonds. The first-order chi connectivity index (χ1) is 8.34. The van der Waals surface area contributed by atoms with Gasteiger partial charge in [0.2, 0.25) is 0 Å². The van der Waals surface area contributed by atoms with Crippen LogP contribution in [0.15, 0.2) is 24.3 Å². The maximum absolute atomic E-state index is 5.37. The van der Waals surface area contributed by atoms with Gasteiger partial charge in [-0.05, 0) is 37.6 Å². The predicted octanol–water partition coefficient (Wildman–Crippen LogP) is 1.73. The molecule has 3 heteroatoms. The number of anilines is 1. The largest absolute Gasteiger partial charge is 0.378 e. The van der Waals surface area contributed by atoms with E-state index in [4.69, 9.17) is 4.74 Å². The standard InChI is InChI=1S/C14H20N2O/c1-15-14(6-7-14)12-2-4-13(5-3-12)16-8-10-17-11-9-16/h2-5,15H,6-11H2,1H3. The van der Waals surface area contributed by atoms with E-state index in [9.17, 15) is 0 Å². The minimum absolute atomic E-state index is 0.281. The van der Waals surface area contributed by atoms with E-state index in [1.807, 2.05) is 0 Å². The van der Waals surface area contributed by atoms with Crippen LogP contribution in [0.1, 0.15) is 18.4 Å². The molecule has 0 spiro atoms. The number of hydrogen-bond acceptors (Lipinski definition) is 3. The molecule has 1 aliphatic heterocycles. The molecule has 3 rings (SSSR count). The summed E-state index contributed by atoms with van der Waals surface area (Å²) < 4.78 is 5.37. The molecule has 0 bridgehead atoms. The lowest BCUT2D eigenvalue weighted by atomic mass is 10.0. The smallest absolute Gasteiger partial charge is 0.0642 e. The Morgan fingerprint density at radius 1 is 1.12 bits per heavy atom. The maximum atomic E-state index is 5.37. The molecule has 1 heterocycles. The third-order valence-corrected chi connectivity index (χ3v) is 4.02. The Labute approximate surface area is 103 Å². The van der Waals surface area contributed by atoms with Crippen molar-refractivity contribution in [1.82, 2.24) is 5.32 Å². The summed E-state index contributed by atoms with van der Waals surface area (Å²) in [6, 6.07) is 9.04. The zero-order chi connectivity index (χ0) is 11.7. The fourth-order valence-corrected chi connectivity index (χ4v) is 2.62. The van der Waals surface area contributed by atoms with E-state index in [-0.39, 0.29) is 5.54 Å². The van der Waals surface area contributed by atoms with Crippen molar-refractivity contribution in [3.8, 4) is 0 Å². The molecular weight excluding hydrogens is 212 g/mol. The first kappa shape index (κ1) is 11.1. The van der Waals surface area contributed by atoms with Gasteiger partial charge in [-0.1, -0.05) is 12.1 Å². The van der Waals surface area contributed by atoms with Crippen molar-refractivity contribution in [1.29, 1.82) is 0 Å². The quantitative estimate of drug-likeness (QED) is 0.859.